The first-order valence-electron chi connectivity index (χ1n) is 5.07. The van der Waals surface area contributed by atoms with Gasteiger partial charge in [-0.2, -0.15) is 0 Å². The van der Waals surface area contributed by atoms with Crippen LogP contribution in [0.25, 0.3) is 0 Å². The maximum atomic E-state index is 12.9. The van der Waals surface area contributed by atoms with E-state index in [1.807, 2.05) is 0 Å². The van der Waals surface area contributed by atoms with Crippen molar-refractivity contribution in [2.45, 2.75) is 23.8 Å². The molecule has 0 aromatic heterocycles. The highest BCUT2D eigenvalue weighted by Gasteiger charge is 2.14. The van der Waals surface area contributed by atoms with Crippen molar-refractivity contribution >= 4 is 11.8 Å². The van der Waals surface area contributed by atoms with Gasteiger partial charge in [0.1, 0.15) is 0 Å². The first-order valence-corrected chi connectivity index (χ1v) is 6.05. The summed E-state index contributed by atoms with van der Waals surface area (Å²) in [5.74, 6) is -0.622. The molecule has 1 N–H and O–H groups in total. The lowest BCUT2D eigenvalue weighted by atomic mass is 10.3. The minimum absolute atomic E-state index is 0.517. The second-order valence-corrected chi connectivity index (χ2v) is 4.77. The molecule has 82 valence electrons. The fourth-order valence-electron chi connectivity index (χ4n) is 1.66. The molecular formula is C11H13F2NS. The van der Waals surface area contributed by atoms with Crippen LogP contribution in [0.1, 0.15) is 12.8 Å². The molecule has 1 aliphatic rings. The van der Waals surface area contributed by atoms with Crippen LogP contribution in [0.4, 0.5) is 8.78 Å². The summed E-state index contributed by atoms with van der Waals surface area (Å²) < 4.78 is 25.5. The van der Waals surface area contributed by atoms with Gasteiger partial charge < -0.3 is 5.32 Å². The van der Waals surface area contributed by atoms with Crippen molar-refractivity contribution in [3.63, 3.8) is 0 Å². The van der Waals surface area contributed by atoms with E-state index in [4.69, 9.17) is 0 Å². The molecule has 15 heavy (non-hydrogen) atoms. The zero-order chi connectivity index (χ0) is 10.7. The van der Waals surface area contributed by atoms with E-state index < -0.39 is 11.6 Å². The van der Waals surface area contributed by atoms with Gasteiger partial charge in [-0.25, -0.2) is 8.78 Å². The number of nitrogens with one attached hydrogen (secondary N) is 1. The predicted octanol–water partition coefficient (Wildman–Crippen LogP) is 2.81. The molecule has 0 saturated carbocycles. The first kappa shape index (κ1) is 10.9. The van der Waals surface area contributed by atoms with Gasteiger partial charge in [0, 0.05) is 16.7 Å². The highest BCUT2D eigenvalue weighted by Crippen LogP contribution is 2.22. The van der Waals surface area contributed by atoms with Gasteiger partial charge in [0.25, 0.3) is 0 Å². The molecule has 1 unspecified atom stereocenters. The van der Waals surface area contributed by atoms with Crippen LogP contribution in [-0.2, 0) is 0 Å². The Morgan fingerprint density at radius 3 is 2.87 bits per heavy atom. The molecule has 1 atom stereocenters. The summed E-state index contributed by atoms with van der Waals surface area (Å²) in [7, 11) is 0. The Labute approximate surface area is 92.3 Å². The molecule has 1 aromatic carbocycles. The summed E-state index contributed by atoms with van der Waals surface area (Å²) in [4.78, 5) is 0.794. The van der Waals surface area contributed by atoms with Gasteiger partial charge in [0.15, 0.2) is 11.6 Å². The minimum atomic E-state index is -0.779. The molecule has 1 fully saturated rings. The van der Waals surface area contributed by atoms with E-state index in [1.54, 1.807) is 17.8 Å². The van der Waals surface area contributed by atoms with Gasteiger partial charge >= 0.3 is 0 Å². The van der Waals surface area contributed by atoms with Gasteiger partial charge in [0.2, 0.25) is 0 Å². The lowest BCUT2D eigenvalue weighted by molar-refractivity contribution is 0.506. The van der Waals surface area contributed by atoms with E-state index >= 15 is 0 Å². The SMILES string of the molecule is Fc1ccc(SCC2CCCN2)cc1F. The summed E-state index contributed by atoms with van der Waals surface area (Å²) in [6, 6.07) is 4.58. The van der Waals surface area contributed by atoms with Crippen LogP contribution in [0, 0.1) is 11.6 Å². The Bertz CT molecular complexity index is 337. The Morgan fingerprint density at radius 1 is 1.33 bits per heavy atom. The fourth-order valence-corrected chi connectivity index (χ4v) is 2.69. The molecule has 1 nitrogen and oxygen atoms in total. The number of rotatable bonds is 3. The fraction of sp³-hybridized carbons (Fsp3) is 0.455. The number of thioether (sulfide) groups is 1. The van der Waals surface area contributed by atoms with Gasteiger partial charge in [-0.1, -0.05) is 0 Å². The van der Waals surface area contributed by atoms with E-state index in [-0.39, 0.29) is 0 Å². The van der Waals surface area contributed by atoms with Crippen LogP contribution in [0.3, 0.4) is 0 Å². The molecule has 4 heteroatoms. The molecule has 0 aliphatic carbocycles. The van der Waals surface area contributed by atoms with E-state index in [0.29, 0.717) is 6.04 Å². The molecule has 0 radical (unpaired) electrons. The normalized spacial score (nSPS) is 20.8. The maximum absolute atomic E-state index is 12.9. The lowest BCUT2D eigenvalue weighted by Gasteiger charge is -2.09. The summed E-state index contributed by atoms with van der Waals surface area (Å²) >= 11 is 1.57. The topological polar surface area (TPSA) is 12.0 Å². The van der Waals surface area contributed by atoms with Crippen LogP contribution in [0.5, 0.6) is 0 Å². The van der Waals surface area contributed by atoms with E-state index in [1.165, 1.54) is 25.0 Å². The third-order valence-electron chi connectivity index (χ3n) is 2.50. The summed E-state index contributed by atoms with van der Waals surface area (Å²) in [6.07, 6.45) is 2.39. The molecular weight excluding hydrogens is 216 g/mol. The van der Waals surface area contributed by atoms with Crippen LogP contribution in [0.15, 0.2) is 23.1 Å². The smallest absolute Gasteiger partial charge is 0.159 e. The molecule has 0 spiro atoms. The second kappa shape index (κ2) is 4.94. The molecule has 2 rings (SSSR count). The quantitative estimate of drug-likeness (QED) is 0.800. The van der Waals surface area contributed by atoms with Gasteiger partial charge in [-0.15, -0.1) is 11.8 Å². The molecule has 1 heterocycles. The predicted molar refractivity (Wildman–Crippen MR) is 58.1 cm³/mol. The molecule has 0 amide bonds. The van der Waals surface area contributed by atoms with E-state index in [2.05, 4.69) is 5.32 Å². The zero-order valence-corrected chi connectivity index (χ0v) is 9.12. The maximum Gasteiger partial charge on any atom is 0.159 e. The third kappa shape index (κ3) is 2.92. The summed E-state index contributed by atoms with van der Waals surface area (Å²) in [5, 5.41) is 3.36. The zero-order valence-electron chi connectivity index (χ0n) is 8.30. The molecule has 1 saturated heterocycles. The van der Waals surface area contributed by atoms with Crippen molar-refractivity contribution in [1.29, 1.82) is 0 Å². The molecule has 0 bridgehead atoms. The summed E-state index contributed by atoms with van der Waals surface area (Å²) in [5.41, 5.74) is 0. The number of hydrogen-bond acceptors (Lipinski definition) is 2. The molecule has 1 aromatic rings. The Hall–Kier alpha value is -0.610. The van der Waals surface area contributed by atoms with Crippen LogP contribution < -0.4 is 5.32 Å². The Morgan fingerprint density at radius 2 is 2.20 bits per heavy atom. The van der Waals surface area contributed by atoms with Crippen molar-refractivity contribution in [2.75, 3.05) is 12.3 Å². The van der Waals surface area contributed by atoms with E-state index in [9.17, 15) is 8.78 Å². The average molecular weight is 229 g/mol. The lowest BCUT2D eigenvalue weighted by Crippen LogP contribution is -2.23. The number of benzene rings is 1. The number of halogens is 2. The van der Waals surface area contributed by atoms with Gasteiger partial charge in [-0.3, -0.25) is 0 Å². The van der Waals surface area contributed by atoms with E-state index in [0.717, 1.165) is 17.2 Å². The van der Waals surface area contributed by atoms with Crippen LogP contribution in [-0.4, -0.2) is 18.3 Å². The van der Waals surface area contributed by atoms with Gasteiger partial charge in [-0.05, 0) is 37.6 Å². The van der Waals surface area contributed by atoms with Gasteiger partial charge in [0.05, 0.1) is 0 Å². The van der Waals surface area contributed by atoms with Crippen molar-refractivity contribution in [1.82, 2.24) is 5.32 Å². The van der Waals surface area contributed by atoms with Crippen molar-refractivity contribution in [2.24, 2.45) is 0 Å². The average Bonchev–Trinajstić information content (AvgIpc) is 2.73. The highest BCUT2D eigenvalue weighted by molar-refractivity contribution is 7.99. The van der Waals surface area contributed by atoms with Crippen molar-refractivity contribution < 1.29 is 8.78 Å². The van der Waals surface area contributed by atoms with Crippen LogP contribution in [0.2, 0.25) is 0 Å². The number of hydrogen-bond donors (Lipinski definition) is 1. The summed E-state index contributed by atoms with van der Waals surface area (Å²) in [6.45, 7) is 1.07. The van der Waals surface area contributed by atoms with Crippen molar-refractivity contribution in [3.8, 4) is 0 Å². The first-order chi connectivity index (χ1) is 7.25. The Balaban J connectivity index is 1.90. The largest absolute Gasteiger partial charge is 0.313 e. The van der Waals surface area contributed by atoms with Crippen LogP contribution >= 0.6 is 11.8 Å². The molecule has 1 aliphatic heterocycles. The highest BCUT2D eigenvalue weighted by atomic mass is 32.2. The second-order valence-electron chi connectivity index (χ2n) is 3.68. The third-order valence-corrected chi connectivity index (χ3v) is 3.66. The van der Waals surface area contributed by atoms with Crippen molar-refractivity contribution in [3.05, 3.63) is 29.8 Å². The monoisotopic (exact) mass is 229 g/mol. The standard InChI is InChI=1S/C11H13F2NS/c12-10-4-3-9(6-11(10)13)15-7-8-2-1-5-14-8/h3-4,6,8,14H,1-2,5,7H2. The minimum Gasteiger partial charge on any atom is -0.313 e. The Kier molecular flexibility index (Phi) is 3.59.